The van der Waals surface area contributed by atoms with E-state index < -0.39 is 0 Å². The van der Waals surface area contributed by atoms with Crippen LogP contribution in [0.2, 0.25) is 10.0 Å². The smallest absolute Gasteiger partial charge is 0.276 e. The lowest BCUT2D eigenvalue weighted by molar-refractivity contribution is 0.0645. The molecule has 0 unspecified atom stereocenters. The summed E-state index contributed by atoms with van der Waals surface area (Å²) >= 11 is 12.0. The largest absolute Gasteiger partial charge is 0.337 e. The van der Waals surface area contributed by atoms with Gasteiger partial charge in [0.25, 0.3) is 5.91 Å². The van der Waals surface area contributed by atoms with Crippen LogP contribution in [0, 0.1) is 19.8 Å². The van der Waals surface area contributed by atoms with Crippen molar-refractivity contribution in [3.8, 4) is 5.69 Å². The van der Waals surface area contributed by atoms with Crippen molar-refractivity contribution in [2.75, 3.05) is 13.1 Å². The molecule has 8 heteroatoms. The van der Waals surface area contributed by atoms with Crippen molar-refractivity contribution >= 4 is 34.9 Å². The number of benzene rings is 2. The van der Waals surface area contributed by atoms with Crippen LogP contribution in [0.4, 0.5) is 0 Å². The van der Waals surface area contributed by atoms with E-state index in [0.29, 0.717) is 52.9 Å². The number of hydrogen-bond donors (Lipinski definition) is 0. The van der Waals surface area contributed by atoms with Gasteiger partial charge < -0.3 is 4.90 Å². The molecule has 0 N–H and O–H groups in total. The van der Waals surface area contributed by atoms with Gasteiger partial charge in [-0.2, -0.15) is 0 Å². The second kappa shape index (κ2) is 8.81. The molecule has 160 valence electrons. The molecule has 0 aliphatic carbocycles. The standard InChI is InChI=1S/C23H22Cl2N4O2/c1-14-4-3-5-18(12-14)29-15(2)21(26-27-29)23(31)28-10-8-16(9-11-28)22(30)17-6-7-19(24)20(25)13-17/h3-7,12-13,16H,8-11H2,1-2H3. The number of piperidine rings is 1. The Morgan fingerprint density at radius 1 is 1.00 bits per heavy atom. The van der Waals surface area contributed by atoms with Crippen molar-refractivity contribution in [3.63, 3.8) is 0 Å². The van der Waals surface area contributed by atoms with Crippen molar-refractivity contribution in [2.45, 2.75) is 26.7 Å². The van der Waals surface area contributed by atoms with Crippen LogP contribution in [0.5, 0.6) is 0 Å². The van der Waals surface area contributed by atoms with E-state index in [9.17, 15) is 9.59 Å². The summed E-state index contributed by atoms with van der Waals surface area (Å²) in [6.45, 7) is 4.84. The Bertz CT molecular complexity index is 1150. The van der Waals surface area contributed by atoms with E-state index in [-0.39, 0.29) is 17.6 Å². The van der Waals surface area contributed by atoms with Crippen LogP contribution in [-0.4, -0.2) is 44.7 Å². The summed E-state index contributed by atoms with van der Waals surface area (Å²) in [4.78, 5) is 27.6. The fourth-order valence-corrected chi connectivity index (χ4v) is 4.21. The molecule has 1 aliphatic heterocycles. The van der Waals surface area contributed by atoms with Gasteiger partial charge in [0.15, 0.2) is 11.5 Å². The number of halogens is 2. The quantitative estimate of drug-likeness (QED) is 0.522. The average Bonchev–Trinajstić information content (AvgIpc) is 3.16. The second-order valence-electron chi connectivity index (χ2n) is 7.83. The summed E-state index contributed by atoms with van der Waals surface area (Å²) in [5, 5.41) is 9.12. The van der Waals surface area contributed by atoms with Crippen molar-refractivity contribution in [3.05, 3.63) is 75.0 Å². The number of aromatic nitrogens is 3. The van der Waals surface area contributed by atoms with Crippen LogP contribution >= 0.6 is 23.2 Å². The minimum atomic E-state index is -0.156. The number of likely N-dealkylation sites (tertiary alicyclic amines) is 1. The third-order valence-electron chi connectivity index (χ3n) is 5.70. The van der Waals surface area contributed by atoms with Gasteiger partial charge in [0, 0.05) is 24.6 Å². The van der Waals surface area contributed by atoms with Gasteiger partial charge >= 0.3 is 0 Å². The van der Waals surface area contributed by atoms with Gasteiger partial charge in [-0.25, -0.2) is 4.68 Å². The Hall–Kier alpha value is -2.70. The molecule has 31 heavy (non-hydrogen) atoms. The molecule has 2 aromatic carbocycles. The zero-order valence-corrected chi connectivity index (χ0v) is 18.8. The van der Waals surface area contributed by atoms with E-state index in [1.807, 2.05) is 38.1 Å². The molecule has 1 amide bonds. The maximum atomic E-state index is 13.1. The highest BCUT2D eigenvalue weighted by Gasteiger charge is 2.30. The third kappa shape index (κ3) is 4.36. The van der Waals surface area contributed by atoms with Crippen LogP contribution in [0.1, 0.15) is 44.9 Å². The molecule has 1 aromatic heterocycles. The van der Waals surface area contributed by atoms with Gasteiger partial charge in [-0.05, 0) is 62.6 Å². The Morgan fingerprint density at radius 3 is 2.42 bits per heavy atom. The number of rotatable bonds is 4. The van der Waals surface area contributed by atoms with Gasteiger partial charge in [-0.3, -0.25) is 9.59 Å². The summed E-state index contributed by atoms with van der Waals surface area (Å²) in [6.07, 6.45) is 1.19. The molecule has 1 fully saturated rings. The van der Waals surface area contributed by atoms with Gasteiger partial charge in [-0.1, -0.05) is 40.5 Å². The average molecular weight is 457 g/mol. The van der Waals surface area contributed by atoms with Gasteiger partial charge in [0.1, 0.15) is 0 Å². The molecular formula is C23H22Cl2N4O2. The molecule has 0 radical (unpaired) electrons. The number of amides is 1. The number of ketones is 1. The normalized spacial score (nSPS) is 14.6. The van der Waals surface area contributed by atoms with Crippen LogP contribution in [0.25, 0.3) is 5.69 Å². The van der Waals surface area contributed by atoms with Crippen LogP contribution < -0.4 is 0 Å². The SMILES string of the molecule is Cc1cccc(-n2nnc(C(=O)N3CCC(C(=O)c4ccc(Cl)c(Cl)c4)CC3)c2C)c1. The molecular weight excluding hydrogens is 435 g/mol. The van der Waals surface area contributed by atoms with Crippen molar-refractivity contribution in [1.82, 2.24) is 19.9 Å². The van der Waals surface area contributed by atoms with Gasteiger partial charge in [0.05, 0.1) is 21.4 Å². The van der Waals surface area contributed by atoms with Crippen molar-refractivity contribution in [2.24, 2.45) is 5.92 Å². The fourth-order valence-electron chi connectivity index (χ4n) is 3.91. The molecule has 1 saturated heterocycles. The van der Waals surface area contributed by atoms with E-state index in [1.165, 1.54) is 0 Å². The predicted molar refractivity (Wildman–Crippen MR) is 120 cm³/mol. The molecule has 3 aromatic rings. The zero-order valence-electron chi connectivity index (χ0n) is 17.3. The summed E-state index contributed by atoms with van der Waals surface area (Å²) in [6, 6.07) is 12.8. The molecule has 2 heterocycles. The number of aryl methyl sites for hydroxylation is 1. The molecule has 4 rings (SSSR count). The van der Waals surface area contributed by atoms with Gasteiger partial charge in [0.2, 0.25) is 0 Å². The summed E-state index contributed by atoms with van der Waals surface area (Å²) in [5.41, 5.74) is 3.57. The lowest BCUT2D eigenvalue weighted by Gasteiger charge is -2.31. The lowest BCUT2D eigenvalue weighted by Crippen LogP contribution is -2.40. The number of carbonyl (C=O) groups excluding carboxylic acids is 2. The van der Waals surface area contributed by atoms with E-state index in [4.69, 9.17) is 23.2 Å². The monoisotopic (exact) mass is 456 g/mol. The highest BCUT2D eigenvalue weighted by molar-refractivity contribution is 6.42. The van der Waals surface area contributed by atoms with E-state index in [2.05, 4.69) is 10.3 Å². The highest BCUT2D eigenvalue weighted by atomic mass is 35.5. The predicted octanol–water partition coefficient (Wildman–Crippen LogP) is 4.93. The third-order valence-corrected chi connectivity index (χ3v) is 6.44. The molecule has 0 bridgehead atoms. The molecule has 6 nitrogen and oxygen atoms in total. The van der Waals surface area contributed by atoms with E-state index in [0.717, 1.165) is 11.3 Å². The number of Topliss-reactive ketones (excluding diaryl/α,β-unsaturated/α-hetero) is 1. The van der Waals surface area contributed by atoms with Crippen LogP contribution in [0.15, 0.2) is 42.5 Å². The number of hydrogen-bond acceptors (Lipinski definition) is 4. The minimum Gasteiger partial charge on any atom is -0.337 e. The fraction of sp³-hybridized carbons (Fsp3) is 0.304. The van der Waals surface area contributed by atoms with Crippen LogP contribution in [0.3, 0.4) is 0 Å². The maximum absolute atomic E-state index is 13.1. The van der Waals surface area contributed by atoms with E-state index in [1.54, 1.807) is 27.8 Å². The Balaban J connectivity index is 1.44. The molecule has 0 saturated carbocycles. The second-order valence-corrected chi connectivity index (χ2v) is 8.65. The Kier molecular flexibility index (Phi) is 6.12. The minimum absolute atomic E-state index is 0.0345. The first-order chi connectivity index (χ1) is 14.8. The zero-order chi connectivity index (χ0) is 22.1. The number of carbonyl (C=O) groups is 2. The van der Waals surface area contributed by atoms with E-state index >= 15 is 0 Å². The van der Waals surface area contributed by atoms with Crippen molar-refractivity contribution in [1.29, 1.82) is 0 Å². The highest BCUT2D eigenvalue weighted by Crippen LogP contribution is 2.27. The summed E-state index contributed by atoms with van der Waals surface area (Å²) in [7, 11) is 0. The molecule has 0 spiro atoms. The number of nitrogens with zero attached hydrogens (tertiary/aromatic N) is 4. The topological polar surface area (TPSA) is 68.1 Å². The summed E-state index contributed by atoms with van der Waals surface area (Å²) < 4.78 is 1.68. The summed E-state index contributed by atoms with van der Waals surface area (Å²) in [5.74, 6) is -0.269. The molecule has 0 atom stereocenters. The lowest BCUT2D eigenvalue weighted by atomic mass is 9.89. The first kappa shape index (κ1) is 21.5. The first-order valence-electron chi connectivity index (χ1n) is 10.1. The molecule has 1 aliphatic rings. The van der Waals surface area contributed by atoms with Gasteiger partial charge in [-0.15, -0.1) is 5.10 Å². The Labute approximate surface area is 190 Å². The Morgan fingerprint density at radius 2 is 1.74 bits per heavy atom. The van der Waals surface area contributed by atoms with Crippen molar-refractivity contribution < 1.29 is 9.59 Å². The first-order valence-corrected chi connectivity index (χ1v) is 10.9. The maximum Gasteiger partial charge on any atom is 0.276 e. The van der Waals surface area contributed by atoms with Crippen LogP contribution in [-0.2, 0) is 0 Å².